The number of anilines is 1. The topological polar surface area (TPSA) is 86.1 Å². The molecule has 0 aromatic carbocycles. The van der Waals surface area contributed by atoms with Crippen molar-refractivity contribution in [3.8, 4) is 0 Å². The van der Waals surface area contributed by atoms with Gasteiger partial charge >= 0.3 is 5.69 Å². The van der Waals surface area contributed by atoms with E-state index in [1.165, 1.54) is 4.68 Å². The van der Waals surface area contributed by atoms with Crippen molar-refractivity contribution in [1.82, 2.24) is 9.78 Å². The Kier molecular flexibility index (Phi) is 4.07. The number of nitro groups is 1. The van der Waals surface area contributed by atoms with Crippen molar-refractivity contribution in [3.63, 3.8) is 0 Å². The van der Waals surface area contributed by atoms with Crippen LogP contribution in [0.1, 0.15) is 25.3 Å². The van der Waals surface area contributed by atoms with Crippen LogP contribution in [-0.4, -0.2) is 20.7 Å². The van der Waals surface area contributed by atoms with Gasteiger partial charge in [-0.3, -0.25) is 10.1 Å². The molecule has 0 spiro atoms. The first-order chi connectivity index (χ1) is 9.52. The van der Waals surface area contributed by atoms with Gasteiger partial charge in [-0.05, 0) is 25.5 Å². The largest absolute Gasteiger partial charge is 0.469 e. The lowest BCUT2D eigenvalue weighted by Crippen LogP contribution is -2.20. The predicted molar refractivity (Wildman–Crippen MR) is 74.7 cm³/mol. The van der Waals surface area contributed by atoms with Gasteiger partial charge in [-0.25, -0.2) is 4.68 Å². The van der Waals surface area contributed by atoms with Crippen LogP contribution in [-0.2, 0) is 19.9 Å². The summed E-state index contributed by atoms with van der Waals surface area (Å²) in [6, 6.07) is 3.71. The van der Waals surface area contributed by atoms with Crippen LogP contribution in [0, 0.1) is 10.1 Å². The lowest BCUT2D eigenvalue weighted by molar-refractivity contribution is -0.384. The first-order valence-electron chi connectivity index (χ1n) is 6.52. The van der Waals surface area contributed by atoms with Crippen LogP contribution in [0.3, 0.4) is 0 Å². The highest BCUT2D eigenvalue weighted by Gasteiger charge is 2.26. The number of nitrogens with one attached hydrogen (secondary N) is 1. The number of furan rings is 1. The Labute approximate surface area is 116 Å². The zero-order valence-corrected chi connectivity index (χ0v) is 11.8. The molecule has 0 radical (unpaired) electrons. The molecule has 0 aliphatic rings. The summed E-state index contributed by atoms with van der Waals surface area (Å²) in [6.07, 6.45) is 2.79. The highest BCUT2D eigenvalue weighted by atomic mass is 16.6. The van der Waals surface area contributed by atoms with Gasteiger partial charge in [0.05, 0.1) is 11.2 Å². The second-order valence-electron chi connectivity index (χ2n) is 4.71. The minimum atomic E-state index is -0.381. The van der Waals surface area contributed by atoms with E-state index >= 15 is 0 Å². The number of hydrogen-bond acceptors (Lipinski definition) is 5. The van der Waals surface area contributed by atoms with Crippen molar-refractivity contribution in [2.45, 2.75) is 32.7 Å². The molecular formula is C13H18N4O3. The van der Waals surface area contributed by atoms with E-state index in [0.29, 0.717) is 24.4 Å². The molecule has 1 atom stereocenters. The summed E-state index contributed by atoms with van der Waals surface area (Å²) in [4.78, 5) is 10.8. The monoisotopic (exact) mass is 278 g/mol. The van der Waals surface area contributed by atoms with E-state index in [-0.39, 0.29) is 16.7 Å². The van der Waals surface area contributed by atoms with Crippen LogP contribution < -0.4 is 5.32 Å². The Morgan fingerprint density at radius 2 is 2.35 bits per heavy atom. The number of rotatable bonds is 6. The quantitative estimate of drug-likeness (QED) is 0.648. The molecule has 0 saturated carbocycles. The lowest BCUT2D eigenvalue weighted by atomic mass is 10.2. The van der Waals surface area contributed by atoms with Gasteiger partial charge in [0.15, 0.2) is 0 Å². The molecule has 7 nitrogen and oxygen atoms in total. The zero-order chi connectivity index (χ0) is 14.7. The average Bonchev–Trinajstić information content (AvgIpc) is 2.98. The Balaban J connectivity index is 2.20. The normalized spacial score (nSPS) is 12.3. The maximum atomic E-state index is 11.2. The minimum absolute atomic E-state index is 0.0000406. The van der Waals surface area contributed by atoms with Crippen LogP contribution in [0.15, 0.2) is 22.8 Å². The maximum Gasteiger partial charge on any atom is 0.333 e. The number of hydrogen-bond donors (Lipinski definition) is 1. The van der Waals surface area contributed by atoms with E-state index in [4.69, 9.17) is 4.42 Å². The Morgan fingerprint density at radius 3 is 2.90 bits per heavy atom. The van der Waals surface area contributed by atoms with Crippen molar-refractivity contribution in [2.24, 2.45) is 7.05 Å². The molecule has 0 bridgehead atoms. The second-order valence-corrected chi connectivity index (χ2v) is 4.71. The summed E-state index contributed by atoms with van der Waals surface area (Å²) in [5, 5.41) is 18.5. The van der Waals surface area contributed by atoms with E-state index in [1.807, 2.05) is 26.0 Å². The fraction of sp³-hybridized carbons (Fsp3) is 0.462. The van der Waals surface area contributed by atoms with Gasteiger partial charge in [0.2, 0.25) is 5.82 Å². The zero-order valence-electron chi connectivity index (χ0n) is 11.8. The van der Waals surface area contributed by atoms with Gasteiger partial charge in [0, 0.05) is 19.5 Å². The Morgan fingerprint density at radius 1 is 1.60 bits per heavy atom. The average molecular weight is 278 g/mol. The smallest absolute Gasteiger partial charge is 0.333 e. The minimum Gasteiger partial charge on any atom is -0.469 e. The number of aryl methyl sites for hydroxylation is 2. The molecule has 2 heterocycles. The van der Waals surface area contributed by atoms with Crippen LogP contribution in [0.25, 0.3) is 0 Å². The summed E-state index contributed by atoms with van der Waals surface area (Å²) in [5.41, 5.74) is 0.548. The first-order valence-corrected chi connectivity index (χ1v) is 6.52. The van der Waals surface area contributed by atoms with E-state index in [2.05, 4.69) is 10.4 Å². The molecule has 108 valence electrons. The SMILES string of the molecule is CCc1nn(C)c(NC(C)Cc2ccco2)c1[N+](=O)[O-]. The third kappa shape index (κ3) is 2.81. The van der Waals surface area contributed by atoms with Gasteiger partial charge in [0.25, 0.3) is 0 Å². The van der Waals surface area contributed by atoms with Crippen LogP contribution in [0.5, 0.6) is 0 Å². The van der Waals surface area contributed by atoms with Crippen molar-refractivity contribution in [1.29, 1.82) is 0 Å². The summed E-state index contributed by atoms with van der Waals surface area (Å²) >= 11 is 0. The molecule has 2 aromatic heterocycles. The lowest BCUT2D eigenvalue weighted by Gasteiger charge is -2.13. The molecule has 1 unspecified atom stereocenters. The fourth-order valence-corrected chi connectivity index (χ4v) is 2.18. The third-order valence-corrected chi connectivity index (χ3v) is 3.08. The molecule has 0 aliphatic carbocycles. The van der Waals surface area contributed by atoms with Crippen molar-refractivity contribution < 1.29 is 9.34 Å². The van der Waals surface area contributed by atoms with Gasteiger partial charge in [0.1, 0.15) is 11.5 Å². The van der Waals surface area contributed by atoms with Gasteiger partial charge in [-0.2, -0.15) is 5.10 Å². The van der Waals surface area contributed by atoms with Crippen molar-refractivity contribution >= 4 is 11.5 Å². The maximum absolute atomic E-state index is 11.2. The van der Waals surface area contributed by atoms with Crippen LogP contribution in [0.2, 0.25) is 0 Å². The summed E-state index contributed by atoms with van der Waals surface area (Å²) in [6.45, 7) is 3.80. The van der Waals surface area contributed by atoms with Crippen molar-refractivity contribution in [2.75, 3.05) is 5.32 Å². The van der Waals surface area contributed by atoms with Gasteiger partial charge in [-0.1, -0.05) is 6.92 Å². The molecule has 0 fully saturated rings. The molecule has 2 rings (SSSR count). The van der Waals surface area contributed by atoms with Crippen LogP contribution >= 0.6 is 0 Å². The van der Waals surface area contributed by atoms with E-state index in [1.54, 1.807) is 13.3 Å². The first kappa shape index (κ1) is 14.1. The highest BCUT2D eigenvalue weighted by Crippen LogP contribution is 2.29. The summed E-state index contributed by atoms with van der Waals surface area (Å²) < 4.78 is 6.80. The molecule has 7 heteroatoms. The predicted octanol–water partition coefficient (Wildman–Crippen LogP) is 2.53. The standard InChI is InChI=1S/C13H18N4O3/c1-4-11-12(17(18)19)13(16(3)15-11)14-9(2)8-10-6-5-7-20-10/h5-7,9,14H,4,8H2,1-3H3. The van der Waals surface area contributed by atoms with E-state index < -0.39 is 0 Å². The molecular weight excluding hydrogens is 260 g/mol. The Hall–Kier alpha value is -2.31. The number of nitrogens with zero attached hydrogens (tertiary/aromatic N) is 3. The second kappa shape index (κ2) is 5.77. The molecule has 0 amide bonds. The van der Waals surface area contributed by atoms with E-state index in [0.717, 1.165) is 5.76 Å². The Bertz CT molecular complexity index is 589. The molecule has 20 heavy (non-hydrogen) atoms. The van der Waals surface area contributed by atoms with Gasteiger partial charge < -0.3 is 9.73 Å². The molecule has 0 aliphatic heterocycles. The van der Waals surface area contributed by atoms with Crippen molar-refractivity contribution in [3.05, 3.63) is 40.0 Å². The summed E-state index contributed by atoms with van der Waals surface area (Å²) in [5.74, 6) is 1.27. The van der Waals surface area contributed by atoms with Gasteiger partial charge in [-0.15, -0.1) is 0 Å². The highest BCUT2D eigenvalue weighted by molar-refractivity contribution is 5.60. The third-order valence-electron chi connectivity index (χ3n) is 3.08. The summed E-state index contributed by atoms with van der Waals surface area (Å²) in [7, 11) is 1.70. The fourth-order valence-electron chi connectivity index (χ4n) is 2.18. The van der Waals surface area contributed by atoms with Crippen LogP contribution in [0.4, 0.5) is 11.5 Å². The van der Waals surface area contributed by atoms with E-state index in [9.17, 15) is 10.1 Å². The molecule has 1 N–H and O–H groups in total. The molecule has 2 aromatic rings. The molecule has 0 saturated heterocycles. The number of aromatic nitrogens is 2.